The highest BCUT2D eigenvalue weighted by molar-refractivity contribution is 5.95. The number of hydrogen-bond donors (Lipinski definition) is 0. The largest absolute Gasteiger partial charge is 0.465 e. The molecular weight excluding hydrogens is 288 g/mol. The van der Waals surface area contributed by atoms with Gasteiger partial charge in [-0.25, -0.2) is 14.4 Å². The van der Waals surface area contributed by atoms with Gasteiger partial charge in [0.1, 0.15) is 0 Å². The first-order chi connectivity index (χ1) is 10.4. The number of esters is 1. The Kier molecular flexibility index (Phi) is 4.35. The normalized spacial score (nSPS) is 11.0. The molecule has 22 heavy (non-hydrogen) atoms. The van der Waals surface area contributed by atoms with Crippen LogP contribution in [0.15, 0.2) is 23.0 Å². The number of benzene rings is 1. The molecule has 0 aliphatic heterocycles. The molecule has 0 saturated heterocycles. The van der Waals surface area contributed by atoms with Crippen LogP contribution in [0.4, 0.5) is 4.79 Å². The number of carbonyl (C=O) groups excluding carboxylic acids is 2. The van der Waals surface area contributed by atoms with Gasteiger partial charge in [-0.1, -0.05) is 13.8 Å². The van der Waals surface area contributed by atoms with Gasteiger partial charge >= 0.3 is 17.8 Å². The fourth-order valence-electron chi connectivity index (χ4n) is 2.31. The van der Waals surface area contributed by atoms with E-state index in [-0.39, 0.29) is 11.5 Å². The topological polar surface area (TPSA) is 79.5 Å². The highest BCUT2D eigenvalue weighted by atomic mass is 16.5. The van der Waals surface area contributed by atoms with Gasteiger partial charge in [-0.2, -0.15) is 4.57 Å². The first-order valence-corrected chi connectivity index (χ1v) is 6.82. The predicted molar refractivity (Wildman–Crippen MR) is 80.2 cm³/mol. The van der Waals surface area contributed by atoms with Crippen molar-refractivity contribution in [1.29, 1.82) is 0 Å². The summed E-state index contributed by atoms with van der Waals surface area (Å²) in [7, 11) is 2.47. The monoisotopic (exact) mass is 306 g/mol. The number of nitrogens with zero attached hydrogens (tertiary/aromatic N) is 2. The van der Waals surface area contributed by atoms with Crippen molar-refractivity contribution in [2.75, 3.05) is 14.2 Å². The first-order valence-electron chi connectivity index (χ1n) is 6.82. The summed E-state index contributed by atoms with van der Waals surface area (Å²) in [5.41, 5.74) is 0.657. The molecule has 1 aromatic heterocycles. The Balaban J connectivity index is 2.78. The van der Waals surface area contributed by atoms with Crippen LogP contribution in [-0.4, -0.2) is 35.4 Å². The van der Waals surface area contributed by atoms with Gasteiger partial charge in [-0.15, -0.1) is 0 Å². The van der Waals surface area contributed by atoms with Crippen molar-refractivity contribution in [3.8, 4) is 0 Å². The smallest absolute Gasteiger partial charge is 0.422 e. The Morgan fingerprint density at radius 1 is 1.14 bits per heavy atom. The van der Waals surface area contributed by atoms with Crippen LogP contribution in [0.3, 0.4) is 0 Å². The number of carbonyl (C=O) groups is 2. The van der Waals surface area contributed by atoms with Crippen LogP contribution in [-0.2, 0) is 16.0 Å². The van der Waals surface area contributed by atoms with Crippen molar-refractivity contribution < 1.29 is 19.1 Å². The second-order valence-electron chi connectivity index (χ2n) is 5.29. The van der Waals surface area contributed by atoms with Gasteiger partial charge in [0.05, 0.1) is 30.8 Å². The summed E-state index contributed by atoms with van der Waals surface area (Å²) in [6, 6.07) is 4.65. The molecule has 0 saturated carbocycles. The SMILES string of the molecule is COC(=O)c1ccc2c(c1)n(C(=O)OC)c(=O)n2CC(C)C. The Morgan fingerprint density at radius 2 is 1.82 bits per heavy atom. The summed E-state index contributed by atoms with van der Waals surface area (Å²) in [4.78, 5) is 36.0. The zero-order valence-corrected chi connectivity index (χ0v) is 13.0. The average Bonchev–Trinajstić information content (AvgIpc) is 2.77. The number of rotatable bonds is 3. The number of fused-ring (bicyclic) bond motifs is 1. The van der Waals surface area contributed by atoms with Crippen LogP contribution in [0.25, 0.3) is 11.0 Å². The molecular formula is C15H18N2O5. The lowest BCUT2D eigenvalue weighted by Gasteiger charge is -2.06. The zero-order valence-electron chi connectivity index (χ0n) is 13.0. The average molecular weight is 306 g/mol. The molecule has 0 spiro atoms. The maximum absolute atomic E-state index is 12.5. The van der Waals surface area contributed by atoms with Crippen molar-refractivity contribution in [2.24, 2.45) is 5.92 Å². The summed E-state index contributed by atoms with van der Waals surface area (Å²) >= 11 is 0. The van der Waals surface area contributed by atoms with E-state index in [9.17, 15) is 14.4 Å². The first kappa shape index (κ1) is 15.8. The number of methoxy groups -OCH3 is 2. The Bertz CT molecular complexity index is 785. The molecule has 2 rings (SSSR count). The van der Waals surface area contributed by atoms with E-state index >= 15 is 0 Å². The van der Waals surface area contributed by atoms with E-state index in [0.29, 0.717) is 17.6 Å². The fourth-order valence-corrected chi connectivity index (χ4v) is 2.31. The van der Waals surface area contributed by atoms with E-state index in [1.165, 1.54) is 24.9 Å². The molecule has 7 heteroatoms. The summed E-state index contributed by atoms with van der Waals surface area (Å²) < 4.78 is 11.7. The molecule has 0 N–H and O–H groups in total. The van der Waals surface area contributed by atoms with E-state index in [2.05, 4.69) is 9.47 Å². The number of imidazole rings is 1. The Labute approximate surface area is 127 Å². The molecule has 1 heterocycles. The Morgan fingerprint density at radius 3 is 2.36 bits per heavy atom. The molecule has 0 amide bonds. The molecule has 0 atom stereocenters. The zero-order chi connectivity index (χ0) is 16.4. The van der Waals surface area contributed by atoms with Gasteiger partial charge < -0.3 is 9.47 Å². The summed E-state index contributed by atoms with van der Waals surface area (Å²) in [6.07, 6.45) is -0.792. The minimum atomic E-state index is -0.792. The quantitative estimate of drug-likeness (QED) is 0.809. The second kappa shape index (κ2) is 6.05. The van der Waals surface area contributed by atoms with Gasteiger partial charge in [0, 0.05) is 6.54 Å². The summed E-state index contributed by atoms with van der Waals surface area (Å²) in [5.74, 6) is -0.322. The van der Waals surface area contributed by atoms with E-state index in [4.69, 9.17) is 0 Å². The second-order valence-corrected chi connectivity index (χ2v) is 5.29. The lowest BCUT2D eigenvalue weighted by molar-refractivity contribution is 0.0600. The van der Waals surface area contributed by atoms with Crippen molar-refractivity contribution in [3.05, 3.63) is 34.2 Å². The molecule has 2 aromatic rings. The third-order valence-electron chi connectivity index (χ3n) is 3.26. The van der Waals surface area contributed by atoms with E-state index in [0.717, 1.165) is 4.57 Å². The fraction of sp³-hybridized carbons (Fsp3) is 0.400. The van der Waals surface area contributed by atoms with Crippen molar-refractivity contribution >= 4 is 23.1 Å². The standard InChI is InChI=1S/C15H18N2O5/c1-9(2)8-16-11-6-5-10(13(18)21-3)7-12(11)17(14(16)19)15(20)22-4/h5-7,9H,8H2,1-4H3. The van der Waals surface area contributed by atoms with Crippen molar-refractivity contribution in [1.82, 2.24) is 9.13 Å². The van der Waals surface area contributed by atoms with Gasteiger partial charge in [0.2, 0.25) is 0 Å². The number of hydrogen-bond acceptors (Lipinski definition) is 5. The molecule has 0 bridgehead atoms. The number of aromatic nitrogens is 2. The summed E-state index contributed by atoms with van der Waals surface area (Å²) in [6.45, 7) is 4.39. The number of ether oxygens (including phenoxy) is 2. The molecule has 0 aliphatic carbocycles. The molecule has 7 nitrogen and oxygen atoms in total. The third kappa shape index (κ3) is 2.61. The molecule has 118 valence electrons. The molecule has 0 unspecified atom stereocenters. The minimum Gasteiger partial charge on any atom is -0.465 e. The van der Waals surface area contributed by atoms with Crippen LogP contribution in [0, 0.1) is 5.92 Å². The molecule has 0 aliphatic rings. The van der Waals surface area contributed by atoms with Crippen LogP contribution in [0.5, 0.6) is 0 Å². The van der Waals surface area contributed by atoms with Crippen LogP contribution in [0.1, 0.15) is 24.2 Å². The van der Waals surface area contributed by atoms with Crippen LogP contribution < -0.4 is 5.69 Å². The van der Waals surface area contributed by atoms with E-state index < -0.39 is 17.8 Å². The van der Waals surface area contributed by atoms with Crippen LogP contribution >= 0.6 is 0 Å². The molecule has 0 radical (unpaired) electrons. The Hall–Kier alpha value is -2.57. The maximum atomic E-state index is 12.5. The van der Waals surface area contributed by atoms with Gasteiger partial charge in [-0.05, 0) is 24.1 Å². The lowest BCUT2D eigenvalue weighted by Crippen LogP contribution is -2.30. The van der Waals surface area contributed by atoms with Gasteiger partial charge in [-0.3, -0.25) is 4.57 Å². The van der Waals surface area contributed by atoms with Gasteiger partial charge in [0.25, 0.3) is 0 Å². The predicted octanol–water partition coefficient (Wildman–Crippen LogP) is 1.86. The highest BCUT2D eigenvalue weighted by Gasteiger charge is 2.21. The summed E-state index contributed by atoms with van der Waals surface area (Å²) in [5, 5.41) is 0. The van der Waals surface area contributed by atoms with Gasteiger partial charge in [0.15, 0.2) is 0 Å². The maximum Gasteiger partial charge on any atom is 0.422 e. The minimum absolute atomic E-state index is 0.217. The third-order valence-corrected chi connectivity index (χ3v) is 3.26. The van der Waals surface area contributed by atoms with Crippen molar-refractivity contribution in [3.63, 3.8) is 0 Å². The van der Waals surface area contributed by atoms with Crippen molar-refractivity contribution in [2.45, 2.75) is 20.4 Å². The molecule has 0 fully saturated rings. The van der Waals surface area contributed by atoms with Crippen LogP contribution in [0.2, 0.25) is 0 Å². The molecule has 1 aromatic carbocycles. The highest BCUT2D eigenvalue weighted by Crippen LogP contribution is 2.18. The lowest BCUT2D eigenvalue weighted by atomic mass is 10.2. The van der Waals surface area contributed by atoms with E-state index in [1.54, 1.807) is 12.1 Å². The van der Waals surface area contributed by atoms with E-state index in [1.807, 2.05) is 13.8 Å².